The number of rotatable bonds is 4. The van der Waals surface area contributed by atoms with Crippen LogP contribution in [0.3, 0.4) is 0 Å². The molecule has 0 fully saturated rings. The Kier molecular flexibility index (Phi) is 4.35. The normalized spacial score (nSPS) is 13.0. The summed E-state index contributed by atoms with van der Waals surface area (Å²) in [4.78, 5) is 27.0. The second-order valence-corrected chi connectivity index (χ2v) is 6.40. The van der Waals surface area contributed by atoms with Crippen molar-refractivity contribution in [2.75, 3.05) is 14.2 Å². The summed E-state index contributed by atoms with van der Waals surface area (Å²) < 4.78 is 10.1. The predicted octanol–water partition coefficient (Wildman–Crippen LogP) is 3.77. The molecule has 0 saturated carbocycles. The van der Waals surface area contributed by atoms with Gasteiger partial charge in [-0.2, -0.15) is 0 Å². The summed E-state index contributed by atoms with van der Waals surface area (Å²) in [5, 5.41) is 0. The summed E-state index contributed by atoms with van der Waals surface area (Å²) in [6.07, 6.45) is 0. The third kappa shape index (κ3) is 2.38. The average Bonchev–Trinajstić information content (AvgIpc) is 2.53. The Morgan fingerprint density at radius 2 is 1.14 bits per heavy atom. The molecule has 0 radical (unpaired) electrons. The maximum atomic E-state index is 12.8. The fourth-order valence-electron chi connectivity index (χ4n) is 2.50. The lowest BCUT2D eigenvalue weighted by atomic mass is 9.84. The monoisotopic (exact) mass is 332 g/mol. The molecule has 0 spiro atoms. The third-order valence-electron chi connectivity index (χ3n) is 3.34. The highest BCUT2D eigenvalue weighted by Crippen LogP contribution is 2.37. The van der Waals surface area contributed by atoms with Gasteiger partial charge in [-0.05, 0) is 12.1 Å². The Labute approximate surface area is 136 Å². The highest BCUT2D eigenvalue weighted by atomic mass is 32.2. The van der Waals surface area contributed by atoms with E-state index in [1.165, 1.54) is 14.2 Å². The van der Waals surface area contributed by atoms with Crippen molar-refractivity contribution in [1.29, 1.82) is 0 Å². The first-order chi connectivity index (χ1) is 10.7. The molecule has 0 aromatic heterocycles. The van der Waals surface area contributed by atoms with E-state index in [-0.39, 0.29) is 11.6 Å². The minimum atomic E-state index is -0.164. The van der Waals surface area contributed by atoms with Crippen LogP contribution >= 0.6 is 24.1 Å². The largest absolute Gasteiger partial charge is 0.314 e. The van der Waals surface area contributed by atoms with Gasteiger partial charge in [0.1, 0.15) is 0 Å². The molecule has 1 aliphatic carbocycles. The standard InChI is InChI=1S/C16H12O4S2/c1-19-21-11-7-3-5-9-13(11)15(17)10-6-4-8-12(22-20-2)14(10)16(9)18/h3-8H,1-2H3. The molecule has 0 amide bonds. The van der Waals surface area contributed by atoms with E-state index in [2.05, 4.69) is 0 Å². The van der Waals surface area contributed by atoms with Crippen LogP contribution in [-0.2, 0) is 8.37 Å². The van der Waals surface area contributed by atoms with Crippen LogP contribution in [0.5, 0.6) is 0 Å². The van der Waals surface area contributed by atoms with Gasteiger partial charge in [-0.3, -0.25) is 9.59 Å². The summed E-state index contributed by atoms with van der Waals surface area (Å²) in [7, 11) is 3.06. The number of carbonyl (C=O) groups is 2. The molecule has 4 nitrogen and oxygen atoms in total. The first-order valence-corrected chi connectivity index (χ1v) is 7.94. The predicted molar refractivity (Wildman–Crippen MR) is 85.5 cm³/mol. The zero-order chi connectivity index (χ0) is 15.7. The molecule has 0 aliphatic heterocycles. The van der Waals surface area contributed by atoms with Gasteiger partial charge in [-0.25, -0.2) is 0 Å². The van der Waals surface area contributed by atoms with E-state index in [0.29, 0.717) is 32.0 Å². The second kappa shape index (κ2) is 6.26. The molecule has 1 aliphatic rings. The Morgan fingerprint density at radius 1 is 0.727 bits per heavy atom. The molecule has 0 unspecified atom stereocenters. The Balaban J connectivity index is 2.23. The molecule has 0 atom stereocenters. The molecule has 6 heteroatoms. The Morgan fingerprint density at radius 3 is 1.50 bits per heavy atom. The molecule has 0 saturated heterocycles. The average molecular weight is 332 g/mol. The van der Waals surface area contributed by atoms with Gasteiger partial charge in [0.2, 0.25) is 0 Å². The lowest BCUT2D eigenvalue weighted by Gasteiger charge is -2.21. The van der Waals surface area contributed by atoms with Crippen LogP contribution in [0.15, 0.2) is 46.2 Å². The minimum absolute atomic E-state index is 0.164. The molecule has 22 heavy (non-hydrogen) atoms. The van der Waals surface area contributed by atoms with Gasteiger partial charge < -0.3 is 8.37 Å². The Bertz CT molecular complexity index is 705. The van der Waals surface area contributed by atoms with Crippen molar-refractivity contribution in [3.8, 4) is 0 Å². The second-order valence-electron chi connectivity index (χ2n) is 4.52. The van der Waals surface area contributed by atoms with Crippen LogP contribution in [0.25, 0.3) is 0 Å². The van der Waals surface area contributed by atoms with Crippen molar-refractivity contribution < 1.29 is 18.0 Å². The van der Waals surface area contributed by atoms with Crippen LogP contribution < -0.4 is 0 Å². The maximum absolute atomic E-state index is 12.8. The number of hydrogen-bond donors (Lipinski definition) is 0. The van der Waals surface area contributed by atoms with Gasteiger partial charge >= 0.3 is 0 Å². The van der Waals surface area contributed by atoms with Gasteiger partial charge in [0.05, 0.1) is 14.2 Å². The van der Waals surface area contributed by atoms with E-state index in [0.717, 1.165) is 24.1 Å². The smallest absolute Gasteiger partial charge is 0.195 e. The molecule has 0 heterocycles. The third-order valence-corrected chi connectivity index (χ3v) is 4.71. The summed E-state index contributed by atoms with van der Waals surface area (Å²) >= 11 is 2.16. The van der Waals surface area contributed by atoms with Crippen LogP contribution in [0.1, 0.15) is 31.8 Å². The SMILES string of the molecule is COSc1cccc2c1C(=O)c1cccc(SOC)c1C2=O. The zero-order valence-corrected chi connectivity index (χ0v) is 13.5. The van der Waals surface area contributed by atoms with Gasteiger partial charge in [-0.1, -0.05) is 24.3 Å². The van der Waals surface area contributed by atoms with Gasteiger partial charge in [0, 0.05) is 56.1 Å². The van der Waals surface area contributed by atoms with Crippen LogP contribution in [0.2, 0.25) is 0 Å². The van der Waals surface area contributed by atoms with E-state index in [9.17, 15) is 9.59 Å². The number of hydrogen-bond acceptors (Lipinski definition) is 6. The van der Waals surface area contributed by atoms with Gasteiger partial charge in [0.15, 0.2) is 11.6 Å². The zero-order valence-electron chi connectivity index (χ0n) is 11.9. The van der Waals surface area contributed by atoms with E-state index in [1.54, 1.807) is 36.4 Å². The van der Waals surface area contributed by atoms with Crippen molar-refractivity contribution in [2.45, 2.75) is 9.79 Å². The topological polar surface area (TPSA) is 52.6 Å². The van der Waals surface area contributed by atoms with Crippen molar-refractivity contribution in [3.63, 3.8) is 0 Å². The lowest BCUT2D eigenvalue weighted by Crippen LogP contribution is -2.22. The van der Waals surface area contributed by atoms with Crippen molar-refractivity contribution in [1.82, 2.24) is 0 Å². The van der Waals surface area contributed by atoms with Crippen molar-refractivity contribution in [3.05, 3.63) is 58.7 Å². The molecule has 3 rings (SSSR count). The highest BCUT2D eigenvalue weighted by molar-refractivity contribution is 7.95. The lowest BCUT2D eigenvalue weighted by molar-refractivity contribution is 0.0974. The summed E-state index contributed by atoms with van der Waals surface area (Å²) in [6, 6.07) is 10.4. The highest BCUT2D eigenvalue weighted by Gasteiger charge is 2.33. The van der Waals surface area contributed by atoms with Crippen LogP contribution in [0, 0.1) is 0 Å². The van der Waals surface area contributed by atoms with Crippen LogP contribution in [-0.4, -0.2) is 25.8 Å². The van der Waals surface area contributed by atoms with Crippen molar-refractivity contribution >= 4 is 35.7 Å². The fraction of sp³-hybridized carbons (Fsp3) is 0.125. The fourth-order valence-corrected chi connectivity index (χ4v) is 3.70. The van der Waals surface area contributed by atoms with E-state index < -0.39 is 0 Å². The minimum Gasteiger partial charge on any atom is -0.314 e. The molecule has 2 aromatic carbocycles. The van der Waals surface area contributed by atoms with Gasteiger partial charge in [0.25, 0.3) is 0 Å². The molecule has 112 valence electrons. The molecular weight excluding hydrogens is 320 g/mol. The first-order valence-electron chi connectivity index (χ1n) is 6.45. The Hall–Kier alpha value is -1.60. The number of fused-ring (bicyclic) bond motifs is 2. The molecule has 0 bridgehead atoms. The van der Waals surface area contributed by atoms with E-state index >= 15 is 0 Å². The first kappa shape index (κ1) is 15.3. The number of carbonyl (C=O) groups excluding carboxylic acids is 2. The van der Waals surface area contributed by atoms with E-state index in [4.69, 9.17) is 8.37 Å². The summed E-state index contributed by atoms with van der Waals surface area (Å²) in [5.41, 5.74) is 1.63. The number of benzene rings is 2. The summed E-state index contributed by atoms with van der Waals surface area (Å²) in [6.45, 7) is 0. The molecular formula is C16H12O4S2. The molecule has 0 N–H and O–H groups in total. The summed E-state index contributed by atoms with van der Waals surface area (Å²) in [5.74, 6) is -0.327. The van der Waals surface area contributed by atoms with E-state index in [1.807, 2.05) is 0 Å². The maximum Gasteiger partial charge on any atom is 0.195 e. The van der Waals surface area contributed by atoms with Gasteiger partial charge in [-0.15, -0.1) is 0 Å². The number of ketones is 2. The quantitative estimate of drug-likeness (QED) is 0.678. The van der Waals surface area contributed by atoms with Crippen LogP contribution in [0.4, 0.5) is 0 Å². The van der Waals surface area contributed by atoms with Crippen molar-refractivity contribution in [2.24, 2.45) is 0 Å². The molecule has 2 aromatic rings.